The molecule has 0 aliphatic rings. The summed E-state index contributed by atoms with van der Waals surface area (Å²) in [4.78, 5) is 12.4. The van der Waals surface area contributed by atoms with Gasteiger partial charge in [-0.2, -0.15) is 0 Å². The number of para-hydroxylation sites is 1. The Bertz CT molecular complexity index is 1310. The summed E-state index contributed by atoms with van der Waals surface area (Å²) in [5.41, 5.74) is 5.45. The average Bonchev–Trinajstić information content (AvgIpc) is 3.16. The van der Waals surface area contributed by atoms with Crippen LogP contribution in [0.3, 0.4) is 0 Å². The van der Waals surface area contributed by atoms with Crippen molar-refractivity contribution < 1.29 is 19.4 Å². The Hall–Kier alpha value is -3.77. The number of nitrogens with one attached hydrogen (secondary N) is 1. The van der Waals surface area contributed by atoms with Crippen molar-refractivity contribution in [1.29, 1.82) is 0 Å². The first-order chi connectivity index (χ1) is 16.5. The Balaban J connectivity index is 1.57. The average molecular weight is 459 g/mol. The maximum absolute atomic E-state index is 12.4. The molecule has 0 amide bonds. The zero-order valence-electron chi connectivity index (χ0n) is 19.8. The van der Waals surface area contributed by atoms with Crippen LogP contribution in [0.5, 0.6) is 11.5 Å². The van der Waals surface area contributed by atoms with Crippen molar-refractivity contribution in [2.24, 2.45) is 0 Å². The lowest BCUT2D eigenvalue weighted by Gasteiger charge is -2.12. The van der Waals surface area contributed by atoms with E-state index in [1.165, 1.54) is 0 Å². The summed E-state index contributed by atoms with van der Waals surface area (Å²) in [5.74, 6) is 0.487. The molecule has 0 radical (unpaired) electrons. The van der Waals surface area contributed by atoms with E-state index in [9.17, 15) is 9.90 Å². The maximum atomic E-state index is 12.4. The second-order valence-electron chi connectivity index (χ2n) is 8.28. The van der Waals surface area contributed by atoms with Crippen LogP contribution in [0.1, 0.15) is 32.7 Å². The fourth-order valence-corrected chi connectivity index (χ4v) is 4.40. The third kappa shape index (κ3) is 4.77. The Morgan fingerprint density at radius 2 is 1.71 bits per heavy atom. The quantitative estimate of drug-likeness (QED) is 0.326. The van der Waals surface area contributed by atoms with Gasteiger partial charge in [-0.15, -0.1) is 0 Å². The van der Waals surface area contributed by atoms with Gasteiger partial charge in [-0.25, -0.2) is 4.79 Å². The molecule has 0 bridgehead atoms. The van der Waals surface area contributed by atoms with Crippen molar-refractivity contribution in [2.45, 2.75) is 26.4 Å². The number of aromatic nitrogens is 1. The number of nitrogens with zero attached hydrogens (tertiary/aromatic N) is 1. The fourth-order valence-electron chi connectivity index (χ4n) is 4.40. The molecule has 6 heteroatoms. The smallest absolute Gasteiger partial charge is 0.352 e. The Morgan fingerprint density at radius 1 is 0.971 bits per heavy atom. The van der Waals surface area contributed by atoms with Crippen LogP contribution in [0, 0.1) is 6.92 Å². The summed E-state index contributed by atoms with van der Waals surface area (Å²) < 4.78 is 12.6. The van der Waals surface area contributed by atoms with Gasteiger partial charge in [0.05, 0.1) is 14.2 Å². The molecule has 34 heavy (non-hydrogen) atoms. The zero-order valence-corrected chi connectivity index (χ0v) is 19.8. The number of hydrogen-bond donors (Lipinski definition) is 2. The van der Waals surface area contributed by atoms with Crippen molar-refractivity contribution in [3.05, 3.63) is 94.7 Å². The van der Waals surface area contributed by atoms with E-state index in [-0.39, 0.29) is 0 Å². The highest BCUT2D eigenvalue weighted by Gasteiger charge is 2.22. The summed E-state index contributed by atoms with van der Waals surface area (Å²) in [6, 6.07) is 21.9. The molecule has 0 aliphatic carbocycles. The largest absolute Gasteiger partial charge is 0.493 e. The van der Waals surface area contributed by atoms with Crippen LogP contribution < -0.4 is 14.8 Å². The molecule has 0 atom stereocenters. The van der Waals surface area contributed by atoms with E-state index in [4.69, 9.17) is 9.47 Å². The van der Waals surface area contributed by atoms with E-state index in [1.807, 2.05) is 59.2 Å². The van der Waals surface area contributed by atoms with Crippen molar-refractivity contribution in [3.63, 3.8) is 0 Å². The first-order valence-electron chi connectivity index (χ1n) is 11.3. The number of hydrogen-bond acceptors (Lipinski definition) is 4. The molecule has 0 saturated heterocycles. The van der Waals surface area contributed by atoms with E-state index in [1.54, 1.807) is 14.2 Å². The zero-order chi connectivity index (χ0) is 24.1. The molecule has 3 aromatic carbocycles. The third-order valence-electron chi connectivity index (χ3n) is 6.21. The highest BCUT2D eigenvalue weighted by Crippen LogP contribution is 2.29. The van der Waals surface area contributed by atoms with E-state index in [0.717, 1.165) is 39.6 Å². The summed E-state index contributed by atoms with van der Waals surface area (Å²) in [5, 5.41) is 14.6. The van der Waals surface area contributed by atoms with Crippen LogP contribution in [-0.2, 0) is 19.5 Å². The number of fused-ring (bicyclic) bond motifs is 1. The minimum absolute atomic E-state index is 0.336. The number of carboxylic acid groups (broad SMARTS) is 1. The topological polar surface area (TPSA) is 72.7 Å². The van der Waals surface area contributed by atoms with Crippen LogP contribution in [0.4, 0.5) is 0 Å². The number of aromatic carboxylic acids is 1. The van der Waals surface area contributed by atoms with Gasteiger partial charge in [0.2, 0.25) is 0 Å². The third-order valence-corrected chi connectivity index (χ3v) is 6.21. The SMILES string of the molecule is COc1ccc(CCNCc2c(C(=O)O)n(Cc3ccccc3C)c3ccccc23)cc1OC. The van der Waals surface area contributed by atoms with Crippen molar-refractivity contribution >= 4 is 16.9 Å². The molecule has 6 nitrogen and oxygen atoms in total. The Labute approximate surface area is 199 Å². The van der Waals surface area contributed by atoms with Crippen molar-refractivity contribution in [2.75, 3.05) is 20.8 Å². The standard InChI is InChI=1S/C28H30N2O4/c1-19-8-4-5-9-21(19)18-30-24-11-7-6-10-22(24)23(27(30)28(31)32)17-29-15-14-20-12-13-25(33-2)26(16-20)34-3/h4-13,16,29H,14-15,17-18H2,1-3H3,(H,31,32). The minimum atomic E-state index is -0.915. The van der Waals surface area contributed by atoms with Gasteiger partial charge in [0.25, 0.3) is 0 Å². The molecule has 4 aromatic rings. The number of methoxy groups -OCH3 is 2. The van der Waals surface area contributed by atoms with Crippen LogP contribution in [-0.4, -0.2) is 36.4 Å². The lowest BCUT2D eigenvalue weighted by molar-refractivity contribution is 0.0684. The molecule has 2 N–H and O–H groups in total. The van der Waals surface area contributed by atoms with Crippen LogP contribution in [0.15, 0.2) is 66.7 Å². The predicted molar refractivity (Wildman–Crippen MR) is 134 cm³/mol. The molecular formula is C28H30N2O4. The molecule has 4 rings (SSSR count). The number of aryl methyl sites for hydroxylation is 1. The number of ether oxygens (including phenoxy) is 2. The molecule has 0 spiro atoms. The summed E-state index contributed by atoms with van der Waals surface area (Å²) >= 11 is 0. The minimum Gasteiger partial charge on any atom is -0.493 e. The van der Waals surface area contributed by atoms with E-state index >= 15 is 0 Å². The second-order valence-corrected chi connectivity index (χ2v) is 8.28. The molecule has 0 fully saturated rings. The molecule has 1 aromatic heterocycles. The van der Waals surface area contributed by atoms with Gasteiger partial charge in [0.1, 0.15) is 5.69 Å². The van der Waals surface area contributed by atoms with E-state index < -0.39 is 5.97 Å². The van der Waals surface area contributed by atoms with Gasteiger partial charge in [-0.05, 0) is 54.8 Å². The van der Waals surface area contributed by atoms with Crippen LogP contribution >= 0.6 is 0 Å². The number of carboxylic acids is 1. The number of benzene rings is 3. The first-order valence-corrected chi connectivity index (χ1v) is 11.3. The molecule has 1 heterocycles. The predicted octanol–water partition coefficient (Wildman–Crippen LogP) is 5.05. The van der Waals surface area contributed by atoms with E-state index in [2.05, 4.69) is 24.4 Å². The Morgan fingerprint density at radius 3 is 2.44 bits per heavy atom. The van der Waals surface area contributed by atoms with E-state index in [0.29, 0.717) is 36.8 Å². The highest BCUT2D eigenvalue weighted by atomic mass is 16.5. The summed E-state index contributed by atoms with van der Waals surface area (Å²) in [6.45, 7) is 3.74. The van der Waals surface area contributed by atoms with Gasteiger partial charge in [-0.3, -0.25) is 0 Å². The van der Waals surface area contributed by atoms with Gasteiger partial charge in [-0.1, -0.05) is 48.5 Å². The second kappa shape index (κ2) is 10.4. The van der Waals surface area contributed by atoms with Gasteiger partial charge < -0.3 is 24.5 Å². The molecular weight excluding hydrogens is 428 g/mol. The van der Waals surface area contributed by atoms with Gasteiger partial charge >= 0.3 is 5.97 Å². The Kier molecular flexibility index (Phi) is 7.18. The molecule has 0 aliphatic heterocycles. The maximum Gasteiger partial charge on any atom is 0.352 e. The lowest BCUT2D eigenvalue weighted by Crippen LogP contribution is -2.19. The lowest BCUT2D eigenvalue weighted by atomic mass is 10.1. The highest BCUT2D eigenvalue weighted by molar-refractivity contribution is 5.98. The van der Waals surface area contributed by atoms with Gasteiger partial charge in [0.15, 0.2) is 11.5 Å². The molecule has 0 saturated carbocycles. The van der Waals surface area contributed by atoms with Crippen molar-refractivity contribution in [1.82, 2.24) is 9.88 Å². The van der Waals surface area contributed by atoms with Crippen molar-refractivity contribution in [3.8, 4) is 11.5 Å². The fraction of sp³-hybridized carbons (Fsp3) is 0.250. The number of rotatable bonds is 10. The number of carbonyl (C=O) groups is 1. The molecule has 176 valence electrons. The monoisotopic (exact) mass is 458 g/mol. The first kappa shape index (κ1) is 23.4. The van der Waals surface area contributed by atoms with Gasteiger partial charge in [0, 0.05) is 29.6 Å². The summed E-state index contributed by atoms with van der Waals surface area (Å²) in [7, 11) is 3.24. The van der Waals surface area contributed by atoms with Crippen LogP contribution in [0.2, 0.25) is 0 Å². The normalized spacial score (nSPS) is 11.0. The van der Waals surface area contributed by atoms with Crippen LogP contribution in [0.25, 0.3) is 10.9 Å². The summed E-state index contributed by atoms with van der Waals surface area (Å²) in [6.07, 6.45) is 0.782. The molecule has 0 unspecified atom stereocenters.